The van der Waals surface area contributed by atoms with Crippen LogP contribution in [0.5, 0.6) is 5.75 Å². The van der Waals surface area contributed by atoms with Crippen molar-refractivity contribution in [3.05, 3.63) is 94.3 Å². The summed E-state index contributed by atoms with van der Waals surface area (Å²) in [4.78, 5) is 29.4. The fourth-order valence-corrected chi connectivity index (χ4v) is 6.08. The highest BCUT2D eigenvalue weighted by atomic mass is 35.5. The van der Waals surface area contributed by atoms with Crippen LogP contribution in [0.15, 0.2) is 66.7 Å². The molecular formula is C25H20ClFN2O3S. The molecule has 5 rings (SSSR count). The summed E-state index contributed by atoms with van der Waals surface area (Å²) in [6, 6.07) is 18.4. The summed E-state index contributed by atoms with van der Waals surface area (Å²) in [5.41, 5.74) is 2.29. The lowest BCUT2D eigenvalue weighted by Gasteiger charge is -2.33. The van der Waals surface area contributed by atoms with Gasteiger partial charge in [0.25, 0.3) is 11.8 Å². The van der Waals surface area contributed by atoms with Crippen molar-refractivity contribution in [2.45, 2.75) is 11.4 Å². The second-order valence-electron chi connectivity index (χ2n) is 7.82. The number of methoxy groups -OCH3 is 1. The molecule has 0 N–H and O–H groups in total. The van der Waals surface area contributed by atoms with Gasteiger partial charge in [0.15, 0.2) is 4.87 Å². The van der Waals surface area contributed by atoms with E-state index in [2.05, 4.69) is 0 Å². The van der Waals surface area contributed by atoms with Crippen LogP contribution >= 0.6 is 23.4 Å². The number of nitrogens with zero attached hydrogens (tertiary/aromatic N) is 2. The van der Waals surface area contributed by atoms with Gasteiger partial charge in [-0.15, -0.1) is 11.8 Å². The van der Waals surface area contributed by atoms with E-state index in [1.165, 1.54) is 23.9 Å². The number of halogens is 2. The molecule has 1 spiro atoms. The molecule has 5 nitrogen and oxygen atoms in total. The minimum absolute atomic E-state index is 0.226. The summed E-state index contributed by atoms with van der Waals surface area (Å²) in [7, 11) is 1.55. The van der Waals surface area contributed by atoms with E-state index in [1.54, 1.807) is 53.3 Å². The van der Waals surface area contributed by atoms with Gasteiger partial charge in [-0.25, -0.2) is 4.39 Å². The number of amides is 2. The molecule has 168 valence electrons. The maximum absolute atomic E-state index is 14.4. The first-order valence-electron chi connectivity index (χ1n) is 10.4. The molecule has 0 bridgehead atoms. The highest BCUT2D eigenvalue weighted by Gasteiger charge is 2.59. The quantitative estimate of drug-likeness (QED) is 0.520. The largest absolute Gasteiger partial charge is 0.497 e. The summed E-state index contributed by atoms with van der Waals surface area (Å²) >= 11 is 7.72. The van der Waals surface area contributed by atoms with E-state index in [4.69, 9.17) is 16.3 Å². The van der Waals surface area contributed by atoms with E-state index < -0.39 is 10.7 Å². The zero-order valence-electron chi connectivity index (χ0n) is 17.8. The van der Waals surface area contributed by atoms with Crippen molar-refractivity contribution in [1.82, 2.24) is 4.90 Å². The van der Waals surface area contributed by atoms with Crippen LogP contribution in [-0.2, 0) is 16.2 Å². The van der Waals surface area contributed by atoms with E-state index in [9.17, 15) is 14.0 Å². The van der Waals surface area contributed by atoms with Crippen LogP contribution in [-0.4, -0.2) is 36.1 Å². The van der Waals surface area contributed by atoms with Crippen molar-refractivity contribution in [3.63, 3.8) is 0 Å². The molecule has 33 heavy (non-hydrogen) atoms. The Labute approximate surface area is 200 Å². The van der Waals surface area contributed by atoms with Crippen molar-refractivity contribution < 1.29 is 18.7 Å². The maximum Gasteiger partial charge on any atom is 0.268 e. The number of ether oxygens (including phenoxy) is 1. The summed E-state index contributed by atoms with van der Waals surface area (Å²) in [5.74, 6) is 0.180. The molecule has 2 heterocycles. The predicted octanol–water partition coefficient (Wildman–Crippen LogP) is 5.08. The van der Waals surface area contributed by atoms with Crippen molar-refractivity contribution in [2.24, 2.45) is 0 Å². The van der Waals surface area contributed by atoms with Gasteiger partial charge < -0.3 is 14.5 Å². The fraction of sp³-hybridized carbons (Fsp3) is 0.200. The zero-order valence-corrected chi connectivity index (χ0v) is 19.3. The van der Waals surface area contributed by atoms with Gasteiger partial charge in [-0.2, -0.15) is 0 Å². The molecule has 1 saturated heterocycles. The minimum atomic E-state index is -1.32. The first kappa shape index (κ1) is 21.8. The Morgan fingerprint density at radius 1 is 1.15 bits per heavy atom. The highest BCUT2D eigenvalue weighted by molar-refractivity contribution is 8.01. The molecule has 3 aromatic carbocycles. The molecule has 2 aliphatic heterocycles. The van der Waals surface area contributed by atoms with Gasteiger partial charge in [-0.3, -0.25) is 9.59 Å². The van der Waals surface area contributed by atoms with E-state index in [0.717, 1.165) is 5.56 Å². The summed E-state index contributed by atoms with van der Waals surface area (Å²) in [6.07, 6.45) is 0. The fourth-order valence-electron chi connectivity index (χ4n) is 4.43. The number of carbonyl (C=O) groups excluding carboxylic acids is 2. The number of hydrogen-bond donors (Lipinski definition) is 0. The second-order valence-corrected chi connectivity index (χ2v) is 9.52. The smallest absolute Gasteiger partial charge is 0.268 e. The van der Waals surface area contributed by atoms with Gasteiger partial charge >= 0.3 is 0 Å². The lowest BCUT2D eigenvalue weighted by molar-refractivity contribution is -0.123. The van der Waals surface area contributed by atoms with Crippen LogP contribution in [0, 0.1) is 5.82 Å². The van der Waals surface area contributed by atoms with Crippen molar-refractivity contribution in [2.75, 3.05) is 24.3 Å². The predicted molar refractivity (Wildman–Crippen MR) is 127 cm³/mol. The number of carbonyl (C=O) groups is 2. The molecule has 0 aromatic heterocycles. The average molecular weight is 483 g/mol. The maximum atomic E-state index is 14.4. The van der Waals surface area contributed by atoms with E-state index in [0.29, 0.717) is 39.9 Å². The number of benzene rings is 3. The molecule has 0 saturated carbocycles. The first-order chi connectivity index (χ1) is 16.0. The topological polar surface area (TPSA) is 49.9 Å². The third kappa shape index (κ3) is 3.47. The second kappa shape index (κ2) is 8.39. The Morgan fingerprint density at radius 3 is 2.64 bits per heavy atom. The molecule has 2 aliphatic rings. The molecule has 8 heteroatoms. The van der Waals surface area contributed by atoms with Gasteiger partial charge in [-0.1, -0.05) is 29.8 Å². The Bertz CT molecular complexity index is 1250. The monoisotopic (exact) mass is 482 g/mol. The van der Waals surface area contributed by atoms with Gasteiger partial charge in [0, 0.05) is 28.4 Å². The van der Waals surface area contributed by atoms with Crippen LogP contribution in [0.3, 0.4) is 0 Å². The van der Waals surface area contributed by atoms with Crippen molar-refractivity contribution >= 4 is 40.9 Å². The molecule has 1 atom stereocenters. The van der Waals surface area contributed by atoms with Gasteiger partial charge in [0.1, 0.15) is 11.6 Å². The van der Waals surface area contributed by atoms with Crippen LogP contribution in [0.1, 0.15) is 21.5 Å². The van der Waals surface area contributed by atoms with Crippen molar-refractivity contribution in [1.29, 1.82) is 0 Å². The zero-order chi connectivity index (χ0) is 23.2. The lowest BCUT2D eigenvalue weighted by Crippen LogP contribution is -2.50. The molecule has 0 unspecified atom stereocenters. The number of fused-ring (bicyclic) bond motifs is 2. The average Bonchev–Trinajstić information content (AvgIpc) is 3.37. The number of rotatable bonds is 4. The van der Waals surface area contributed by atoms with Crippen LogP contribution in [0.25, 0.3) is 0 Å². The third-order valence-corrected chi connectivity index (χ3v) is 7.81. The number of thioether (sulfide) groups is 1. The Kier molecular flexibility index (Phi) is 5.54. The Balaban J connectivity index is 1.58. The standard InChI is InChI=1S/C25H20ClFN2O3S/c1-32-19-9-6-16(7-10-19)23(30)29-12-13-33-25(29)20-14-18(27)8-11-22(20)28(24(25)31)15-17-4-2-3-5-21(17)26/h2-11,14H,12-13,15H2,1H3/t25-/m1/s1. The molecule has 0 aliphatic carbocycles. The van der Waals surface area contributed by atoms with Gasteiger partial charge in [0.05, 0.1) is 19.3 Å². The molecule has 2 amide bonds. The highest BCUT2D eigenvalue weighted by Crippen LogP contribution is 2.55. The molecule has 0 radical (unpaired) electrons. The minimum Gasteiger partial charge on any atom is -0.497 e. The normalized spacial score (nSPS) is 19.3. The van der Waals surface area contributed by atoms with E-state index in [1.807, 2.05) is 18.2 Å². The van der Waals surface area contributed by atoms with E-state index >= 15 is 0 Å². The van der Waals surface area contributed by atoms with Gasteiger partial charge in [0.2, 0.25) is 0 Å². The number of anilines is 1. The third-order valence-electron chi connectivity index (χ3n) is 6.02. The Morgan fingerprint density at radius 2 is 1.91 bits per heavy atom. The summed E-state index contributed by atoms with van der Waals surface area (Å²) in [6.45, 7) is 0.598. The Hall–Kier alpha value is -3.03. The summed E-state index contributed by atoms with van der Waals surface area (Å²) < 4.78 is 19.6. The molecule has 3 aromatic rings. The number of hydrogen-bond acceptors (Lipinski definition) is 4. The molecule has 1 fully saturated rings. The van der Waals surface area contributed by atoms with E-state index in [-0.39, 0.29) is 18.4 Å². The van der Waals surface area contributed by atoms with Gasteiger partial charge in [-0.05, 0) is 54.1 Å². The van der Waals surface area contributed by atoms with Crippen LogP contribution in [0.4, 0.5) is 10.1 Å². The SMILES string of the molecule is COc1ccc(C(=O)N2CCS[C@]23C(=O)N(Cc2ccccc2Cl)c2ccc(F)cc23)cc1. The summed E-state index contributed by atoms with van der Waals surface area (Å²) in [5, 5.41) is 0.542. The lowest BCUT2D eigenvalue weighted by atomic mass is 10.0. The first-order valence-corrected chi connectivity index (χ1v) is 11.8. The van der Waals surface area contributed by atoms with Crippen LogP contribution < -0.4 is 9.64 Å². The van der Waals surface area contributed by atoms with Crippen molar-refractivity contribution in [3.8, 4) is 5.75 Å². The molecular weight excluding hydrogens is 463 g/mol. The van der Waals surface area contributed by atoms with Crippen LogP contribution in [0.2, 0.25) is 5.02 Å².